The first-order valence-corrected chi connectivity index (χ1v) is 11.5. The molecule has 1 heterocycles. The van der Waals surface area contributed by atoms with E-state index in [9.17, 15) is 28.3 Å². The Hall–Kier alpha value is -4.73. The van der Waals surface area contributed by atoms with Crippen molar-refractivity contribution in [2.75, 3.05) is 27.2 Å². The number of halogens is 2. The Morgan fingerprint density at radius 1 is 0.974 bits per heavy atom. The number of nitrogens with zero attached hydrogens (tertiary/aromatic N) is 2. The molecule has 0 atom stereocenters. The maximum absolute atomic E-state index is 14.0. The van der Waals surface area contributed by atoms with E-state index < -0.39 is 36.0 Å². The van der Waals surface area contributed by atoms with Crippen LogP contribution >= 0.6 is 0 Å². The summed E-state index contributed by atoms with van der Waals surface area (Å²) in [4.78, 5) is 38.5. The Balaban J connectivity index is 1.46. The van der Waals surface area contributed by atoms with Crippen LogP contribution in [0, 0.1) is 11.6 Å². The number of rotatable bonds is 9. The molecule has 38 heavy (non-hydrogen) atoms. The Morgan fingerprint density at radius 2 is 1.71 bits per heavy atom. The van der Waals surface area contributed by atoms with Crippen LogP contribution in [-0.2, 0) is 16.2 Å². The molecule has 0 aliphatic heterocycles. The zero-order valence-electron chi connectivity index (χ0n) is 20.6. The molecular weight excluding hydrogens is 498 g/mol. The van der Waals surface area contributed by atoms with Gasteiger partial charge in [-0.2, -0.15) is 0 Å². The van der Waals surface area contributed by atoms with E-state index in [-0.39, 0.29) is 29.7 Å². The van der Waals surface area contributed by atoms with Crippen molar-refractivity contribution in [3.8, 4) is 16.9 Å². The van der Waals surface area contributed by atoms with Crippen molar-refractivity contribution in [2.24, 2.45) is 0 Å². The maximum Gasteiger partial charge on any atom is 0.323 e. The van der Waals surface area contributed by atoms with Gasteiger partial charge in [0, 0.05) is 25.2 Å². The van der Waals surface area contributed by atoms with E-state index in [2.05, 4.69) is 0 Å². The second-order valence-corrected chi connectivity index (χ2v) is 8.74. The van der Waals surface area contributed by atoms with Crippen molar-refractivity contribution in [3.05, 3.63) is 89.7 Å². The van der Waals surface area contributed by atoms with E-state index in [0.717, 1.165) is 11.0 Å². The molecule has 0 spiro atoms. The van der Waals surface area contributed by atoms with Crippen molar-refractivity contribution >= 4 is 28.8 Å². The average molecular weight is 523 g/mol. The number of hydrogen-bond acceptors (Lipinski definition) is 5. The summed E-state index contributed by atoms with van der Waals surface area (Å²) in [5, 5.41) is 9.23. The maximum atomic E-state index is 14.0. The highest BCUT2D eigenvalue weighted by Crippen LogP contribution is 2.33. The number of aliphatic carboxylic acids is 1. The van der Waals surface area contributed by atoms with Gasteiger partial charge in [-0.05, 0) is 47.5 Å². The minimum atomic E-state index is -1.23. The van der Waals surface area contributed by atoms with Gasteiger partial charge in [0.05, 0.1) is 11.6 Å². The van der Waals surface area contributed by atoms with Gasteiger partial charge in [0.1, 0.15) is 31.0 Å². The molecule has 4 rings (SSSR count). The van der Waals surface area contributed by atoms with Gasteiger partial charge >= 0.3 is 5.97 Å². The lowest BCUT2D eigenvalue weighted by Gasteiger charge is -2.22. The first-order valence-electron chi connectivity index (χ1n) is 11.5. The molecule has 3 aromatic carbocycles. The summed E-state index contributed by atoms with van der Waals surface area (Å²) < 4.78 is 39.2. The molecule has 8 nitrogen and oxygen atoms in total. The minimum Gasteiger partial charge on any atom is -0.489 e. The Morgan fingerprint density at radius 3 is 2.39 bits per heavy atom. The van der Waals surface area contributed by atoms with Gasteiger partial charge in [-0.25, -0.2) is 8.78 Å². The summed E-state index contributed by atoms with van der Waals surface area (Å²) in [5.41, 5.74) is 2.11. The van der Waals surface area contributed by atoms with Crippen LogP contribution in [0.4, 0.5) is 8.78 Å². The molecule has 1 N–H and O–H groups in total. The highest BCUT2D eigenvalue weighted by Gasteiger charge is 2.22. The predicted molar refractivity (Wildman–Crippen MR) is 135 cm³/mol. The lowest BCUT2D eigenvalue weighted by molar-refractivity contribution is -0.138. The minimum absolute atomic E-state index is 0.0581. The molecule has 0 radical (unpaired) electrons. The van der Waals surface area contributed by atoms with Crippen LogP contribution in [0.2, 0.25) is 0 Å². The normalized spacial score (nSPS) is 10.8. The standard InChI is InChI=1S/C28H24F2N2O6/c1-31(2)24(33)14-32(15-25(34)35)28(36)19-5-3-4-17(12-19)16-38-20-8-6-18(7-9-20)22-13-23(29)26(30)21-10-11-37-27(21)22/h3-13H,14-16H2,1-2H3,(H,34,35). The number of likely N-dealkylation sites (N-methyl/N-ethyl adjacent to an activating group) is 1. The number of benzene rings is 3. The Kier molecular flexibility index (Phi) is 7.71. The molecule has 2 amide bonds. The van der Waals surface area contributed by atoms with Gasteiger partial charge in [-0.15, -0.1) is 0 Å². The Labute approximate surface area is 216 Å². The number of carbonyl (C=O) groups is 3. The molecule has 10 heteroatoms. The lowest BCUT2D eigenvalue weighted by atomic mass is 10.0. The van der Waals surface area contributed by atoms with Crippen molar-refractivity contribution in [1.82, 2.24) is 9.80 Å². The first-order chi connectivity index (χ1) is 18.1. The summed E-state index contributed by atoms with van der Waals surface area (Å²) in [5.74, 6) is -3.68. The van der Waals surface area contributed by atoms with Gasteiger partial charge in [-0.1, -0.05) is 24.3 Å². The van der Waals surface area contributed by atoms with Crippen LogP contribution in [0.5, 0.6) is 5.75 Å². The molecule has 0 aliphatic rings. The largest absolute Gasteiger partial charge is 0.489 e. The van der Waals surface area contributed by atoms with Crippen molar-refractivity contribution in [2.45, 2.75) is 6.61 Å². The SMILES string of the molecule is CN(C)C(=O)CN(CC(=O)O)C(=O)c1cccc(COc2ccc(-c3cc(F)c(F)c4ccoc34)cc2)c1. The van der Waals surface area contributed by atoms with Crippen molar-refractivity contribution in [1.29, 1.82) is 0 Å². The lowest BCUT2D eigenvalue weighted by Crippen LogP contribution is -2.42. The molecule has 0 bridgehead atoms. The molecule has 1 aromatic heterocycles. The number of carboxylic acid groups (broad SMARTS) is 1. The first kappa shape index (κ1) is 26.3. The number of carbonyl (C=O) groups excluding carboxylic acids is 2. The zero-order chi connectivity index (χ0) is 27.4. The van der Waals surface area contributed by atoms with Gasteiger partial charge < -0.3 is 24.1 Å². The van der Waals surface area contributed by atoms with Crippen LogP contribution in [0.3, 0.4) is 0 Å². The smallest absolute Gasteiger partial charge is 0.323 e. The highest BCUT2D eigenvalue weighted by atomic mass is 19.2. The third-order valence-corrected chi connectivity index (χ3v) is 5.81. The van der Waals surface area contributed by atoms with Crippen LogP contribution in [0.1, 0.15) is 15.9 Å². The fourth-order valence-corrected chi connectivity index (χ4v) is 3.83. The van der Waals surface area contributed by atoms with Crippen molar-refractivity contribution < 1.29 is 37.4 Å². The second kappa shape index (κ2) is 11.1. The molecule has 196 valence electrons. The van der Waals surface area contributed by atoms with Gasteiger partial charge in [0.15, 0.2) is 11.6 Å². The van der Waals surface area contributed by atoms with E-state index in [0.29, 0.717) is 22.4 Å². The molecular formula is C28H24F2N2O6. The molecule has 4 aromatic rings. The average Bonchev–Trinajstić information content (AvgIpc) is 3.39. The van der Waals surface area contributed by atoms with Gasteiger partial charge in [-0.3, -0.25) is 14.4 Å². The molecule has 0 unspecified atom stereocenters. The van der Waals surface area contributed by atoms with E-state index >= 15 is 0 Å². The summed E-state index contributed by atoms with van der Waals surface area (Å²) in [6.45, 7) is -0.884. The summed E-state index contributed by atoms with van der Waals surface area (Å²) in [6.07, 6.45) is 1.30. The van der Waals surface area contributed by atoms with Gasteiger partial charge in [0.25, 0.3) is 5.91 Å². The monoisotopic (exact) mass is 522 g/mol. The van der Waals surface area contributed by atoms with Crippen LogP contribution < -0.4 is 4.74 Å². The van der Waals surface area contributed by atoms with E-state index in [4.69, 9.17) is 9.15 Å². The van der Waals surface area contributed by atoms with E-state index in [1.54, 1.807) is 42.5 Å². The van der Waals surface area contributed by atoms with Crippen LogP contribution in [-0.4, -0.2) is 59.9 Å². The molecule has 0 saturated carbocycles. The third kappa shape index (κ3) is 5.80. The van der Waals surface area contributed by atoms with Crippen LogP contribution in [0.25, 0.3) is 22.1 Å². The fourth-order valence-electron chi connectivity index (χ4n) is 3.83. The zero-order valence-corrected chi connectivity index (χ0v) is 20.6. The quantitative estimate of drug-likeness (QED) is 0.346. The van der Waals surface area contributed by atoms with Gasteiger partial charge in [0.2, 0.25) is 5.91 Å². The molecule has 0 saturated heterocycles. The predicted octanol–water partition coefficient (Wildman–Crippen LogP) is 4.57. The van der Waals surface area contributed by atoms with Crippen LogP contribution in [0.15, 0.2) is 71.3 Å². The number of hydrogen-bond donors (Lipinski definition) is 1. The molecule has 0 aliphatic carbocycles. The number of furan rings is 1. The highest BCUT2D eigenvalue weighted by molar-refractivity contribution is 5.98. The molecule has 0 fully saturated rings. The van der Waals surface area contributed by atoms with E-state index in [1.165, 1.54) is 37.4 Å². The van der Waals surface area contributed by atoms with Crippen molar-refractivity contribution in [3.63, 3.8) is 0 Å². The summed E-state index contributed by atoms with van der Waals surface area (Å²) in [6, 6.07) is 15.7. The topological polar surface area (TPSA) is 100 Å². The number of ether oxygens (including phenoxy) is 1. The fraction of sp³-hybridized carbons (Fsp3) is 0.179. The summed E-state index contributed by atoms with van der Waals surface area (Å²) >= 11 is 0. The Bertz CT molecular complexity index is 1500. The number of amides is 2. The number of fused-ring (bicyclic) bond motifs is 1. The number of carboxylic acids is 1. The second-order valence-electron chi connectivity index (χ2n) is 8.74. The summed E-state index contributed by atoms with van der Waals surface area (Å²) in [7, 11) is 3.04. The third-order valence-electron chi connectivity index (χ3n) is 5.81. The van der Waals surface area contributed by atoms with E-state index in [1.807, 2.05) is 0 Å².